The first-order valence-corrected chi connectivity index (χ1v) is 10.4. The number of piperazine rings is 1. The fraction of sp³-hybridized carbons (Fsp3) is 0.417. The van der Waals surface area contributed by atoms with Gasteiger partial charge in [0.15, 0.2) is 0 Å². The molecule has 0 radical (unpaired) electrons. The largest absolute Gasteiger partial charge is 0.369 e. The molecule has 152 valence electrons. The molecule has 3 rings (SSSR count). The zero-order chi connectivity index (χ0) is 20.5. The maximum absolute atomic E-state index is 11.7. The van der Waals surface area contributed by atoms with E-state index in [-0.39, 0.29) is 12.5 Å². The molecule has 0 saturated carbocycles. The van der Waals surface area contributed by atoms with Crippen LogP contribution in [0.4, 0.5) is 5.69 Å². The first-order chi connectivity index (χ1) is 14.2. The maximum atomic E-state index is 11.7. The lowest BCUT2D eigenvalue weighted by molar-refractivity contribution is -0.121. The van der Waals surface area contributed by atoms with E-state index in [1.54, 1.807) is 0 Å². The zero-order valence-corrected chi connectivity index (χ0v) is 17.2. The molecule has 1 fully saturated rings. The number of hydrogen-bond acceptors (Lipinski definition) is 4. The molecule has 1 aliphatic rings. The van der Waals surface area contributed by atoms with Gasteiger partial charge in [-0.15, -0.1) is 0 Å². The van der Waals surface area contributed by atoms with Gasteiger partial charge in [0, 0.05) is 38.3 Å². The molecule has 1 saturated heterocycles. The highest BCUT2D eigenvalue weighted by Crippen LogP contribution is 2.25. The molecule has 0 aliphatic carbocycles. The first kappa shape index (κ1) is 20.9. The quantitative estimate of drug-likeness (QED) is 0.678. The van der Waals surface area contributed by atoms with Crippen molar-refractivity contribution in [3.05, 3.63) is 54.1 Å². The molecule has 5 nitrogen and oxygen atoms in total. The molecule has 2 aromatic carbocycles. The van der Waals surface area contributed by atoms with E-state index < -0.39 is 0 Å². The van der Waals surface area contributed by atoms with E-state index in [4.69, 9.17) is 5.26 Å². The van der Waals surface area contributed by atoms with Crippen molar-refractivity contribution in [2.75, 3.05) is 37.6 Å². The first-order valence-electron chi connectivity index (χ1n) is 10.4. The molecule has 0 aromatic heterocycles. The highest BCUT2D eigenvalue weighted by Gasteiger charge is 2.11. The zero-order valence-electron chi connectivity index (χ0n) is 17.2. The molecule has 1 atom stereocenters. The van der Waals surface area contributed by atoms with E-state index in [9.17, 15) is 4.79 Å². The number of carbonyl (C=O) groups is 1. The van der Waals surface area contributed by atoms with Crippen molar-refractivity contribution in [2.24, 2.45) is 5.92 Å². The van der Waals surface area contributed by atoms with Crippen molar-refractivity contribution in [3.63, 3.8) is 0 Å². The second-order valence-electron chi connectivity index (χ2n) is 7.77. The number of anilines is 1. The van der Waals surface area contributed by atoms with Crippen LogP contribution in [0.3, 0.4) is 0 Å². The van der Waals surface area contributed by atoms with Crippen LogP contribution >= 0.6 is 0 Å². The van der Waals surface area contributed by atoms with Crippen LogP contribution in [0.15, 0.2) is 48.5 Å². The lowest BCUT2D eigenvalue weighted by Gasteiger charge is -2.29. The van der Waals surface area contributed by atoms with E-state index in [0.717, 1.165) is 39.0 Å². The Labute approximate surface area is 173 Å². The van der Waals surface area contributed by atoms with Crippen molar-refractivity contribution in [2.45, 2.75) is 26.2 Å². The van der Waals surface area contributed by atoms with E-state index in [2.05, 4.69) is 71.0 Å². The summed E-state index contributed by atoms with van der Waals surface area (Å²) < 4.78 is 0. The van der Waals surface area contributed by atoms with Gasteiger partial charge < -0.3 is 15.5 Å². The number of nitrogens with zero attached hydrogens (tertiary/aromatic N) is 2. The lowest BCUT2D eigenvalue weighted by Crippen LogP contribution is -2.43. The van der Waals surface area contributed by atoms with Crippen LogP contribution in [0.25, 0.3) is 11.1 Å². The van der Waals surface area contributed by atoms with Gasteiger partial charge in [0.2, 0.25) is 5.91 Å². The van der Waals surface area contributed by atoms with Gasteiger partial charge in [0.25, 0.3) is 0 Å². The van der Waals surface area contributed by atoms with E-state index in [0.29, 0.717) is 12.3 Å². The molecule has 0 spiro atoms. The third-order valence-corrected chi connectivity index (χ3v) is 5.42. The summed E-state index contributed by atoms with van der Waals surface area (Å²) in [5.41, 5.74) is 5.04. The van der Waals surface area contributed by atoms with E-state index in [1.165, 1.54) is 22.4 Å². The Morgan fingerprint density at radius 2 is 1.93 bits per heavy atom. The van der Waals surface area contributed by atoms with Crippen LogP contribution in [0, 0.1) is 17.2 Å². The molecular formula is C24H30N4O. The second kappa shape index (κ2) is 10.6. The van der Waals surface area contributed by atoms with Crippen LogP contribution in [-0.4, -0.2) is 38.6 Å². The fourth-order valence-corrected chi connectivity index (χ4v) is 3.77. The average Bonchev–Trinajstić information content (AvgIpc) is 2.77. The highest BCUT2D eigenvalue weighted by atomic mass is 16.1. The Balaban J connectivity index is 1.57. The number of nitriles is 1. The summed E-state index contributed by atoms with van der Waals surface area (Å²) in [6.45, 7) is 6.46. The van der Waals surface area contributed by atoms with Gasteiger partial charge in [0.1, 0.15) is 6.54 Å². The topological polar surface area (TPSA) is 68.2 Å². The molecule has 29 heavy (non-hydrogen) atoms. The third-order valence-electron chi connectivity index (χ3n) is 5.42. The van der Waals surface area contributed by atoms with Gasteiger partial charge in [-0.25, -0.2) is 0 Å². The van der Waals surface area contributed by atoms with Gasteiger partial charge in [-0.3, -0.25) is 4.79 Å². The van der Waals surface area contributed by atoms with Crippen molar-refractivity contribution in [1.29, 1.82) is 5.26 Å². The molecule has 2 N–H and O–H groups in total. The summed E-state index contributed by atoms with van der Waals surface area (Å²) in [4.78, 5) is 14.1. The minimum absolute atomic E-state index is 0.0447. The third kappa shape index (κ3) is 6.33. The summed E-state index contributed by atoms with van der Waals surface area (Å²) in [5, 5.41) is 14.5. The van der Waals surface area contributed by atoms with Crippen LogP contribution in [0.1, 0.15) is 25.3 Å². The normalized spacial score (nSPS) is 14.8. The maximum Gasteiger partial charge on any atom is 0.220 e. The number of amides is 1. The number of benzene rings is 2. The van der Waals surface area contributed by atoms with E-state index in [1.807, 2.05) is 6.07 Å². The summed E-state index contributed by atoms with van der Waals surface area (Å²) in [7, 11) is 0. The molecular weight excluding hydrogens is 360 g/mol. The standard InChI is InChI=1S/C24H30N4O/c1-19(5-10-24(29)27-12-11-25)17-20-3-2-4-22(18-20)21-6-8-23(9-7-21)28-15-13-26-14-16-28/h2-4,6-9,18-19,26H,5,10,12-17H2,1H3,(H,27,29). The predicted molar refractivity (Wildman–Crippen MR) is 118 cm³/mol. The van der Waals surface area contributed by atoms with Gasteiger partial charge in [-0.2, -0.15) is 5.26 Å². The van der Waals surface area contributed by atoms with Crippen LogP contribution in [0.2, 0.25) is 0 Å². The number of hydrogen-bond donors (Lipinski definition) is 2. The smallest absolute Gasteiger partial charge is 0.220 e. The summed E-state index contributed by atoms with van der Waals surface area (Å²) in [6.07, 6.45) is 2.23. The number of nitrogens with one attached hydrogen (secondary N) is 2. The Morgan fingerprint density at radius 1 is 1.17 bits per heavy atom. The fourth-order valence-electron chi connectivity index (χ4n) is 3.77. The molecule has 2 aromatic rings. The van der Waals surface area contributed by atoms with Gasteiger partial charge in [-0.1, -0.05) is 43.3 Å². The highest BCUT2D eigenvalue weighted by molar-refractivity contribution is 5.76. The molecule has 0 bridgehead atoms. The van der Waals surface area contributed by atoms with Gasteiger partial charge in [-0.05, 0) is 47.6 Å². The Hall–Kier alpha value is -2.84. The number of carbonyl (C=O) groups excluding carboxylic acids is 1. The summed E-state index contributed by atoms with van der Waals surface area (Å²) >= 11 is 0. The Bertz CT molecular complexity index is 835. The summed E-state index contributed by atoms with van der Waals surface area (Å²) in [5.74, 6) is 0.366. The average molecular weight is 391 g/mol. The van der Waals surface area contributed by atoms with Crippen LogP contribution in [-0.2, 0) is 11.2 Å². The van der Waals surface area contributed by atoms with Gasteiger partial charge in [0.05, 0.1) is 6.07 Å². The molecule has 1 aliphatic heterocycles. The van der Waals surface area contributed by atoms with Crippen LogP contribution in [0.5, 0.6) is 0 Å². The lowest BCUT2D eigenvalue weighted by atomic mass is 9.94. The molecule has 1 amide bonds. The summed E-state index contributed by atoms with van der Waals surface area (Å²) in [6, 6.07) is 19.5. The second-order valence-corrected chi connectivity index (χ2v) is 7.77. The SMILES string of the molecule is CC(CCC(=O)NCC#N)Cc1cccc(-c2ccc(N3CCNCC3)cc2)c1. The number of rotatable bonds is 8. The van der Waals surface area contributed by atoms with Gasteiger partial charge >= 0.3 is 0 Å². The van der Waals surface area contributed by atoms with Crippen molar-refractivity contribution >= 4 is 11.6 Å². The van der Waals surface area contributed by atoms with Crippen molar-refractivity contribution < 1.29 is 4.79 Å². The van der Waals surface area contributed by atoms with Crippen LogP contribution < -0.4 is 15.5 Å². The van der Waals surface area contributed by atoms with Crippen molar-refractivity contribution in [3.8, 4) is 17.2 Å². The molecule has 1 heterocycles. The predicted octanol–water partition coefficient (Wildman–Crippen LogP) is 3.36. The Morgan fingerprint density at radius 3 is 2.66 bits per heavy atom. The molecule has 5 heteroatoms. The molecule has 1 unspecified atom stereocenters. The minimum atomic E-state index is -0.0447. The minimum Gasteiger partial charge on any atom is -0.369 e. The monoisotopic (exact) mass is 390 g/mol. The Kier molecular flexibility index (Phi) is 7.66. The van der Waals surface area contributed by atoms with Crippen molar-refractivity contribution in [1.82, 2.24) is 10.6 Å². The van der Waals surface area contributed by atoms with E-state index >= 15 is 0 Å².